The second-order valence-electron chi connectivity index (χ2n) is 4.09. The van der Waals surface area contributed by atoms with E-state index in [4.69, 9.17) is 4.74 Å². The molecule has 6 heteroatoms. The van der Waals surface area contributed by atoms with Crippen LogP contribution in [-0.2, 0) is 11.3 Å². The Morgan fingerprint density at radius 2 is 2.44 bits per heavy atom. The molecule has 1 aromatic heterocycles. The molecular weight excluding hydrogens is 224 g/mol. The van der Waals surface area contributed by atoms with Gasteiger partial charge in [0, 0.05) is 25.4 Å². The third kappa shape index (κ3) is 2.09. The van der Waals surface area contributed by atoms with Crippen LogP contribution < -0.4 is 5.32 Å². The highest BCUT2D eigenvalue weighted by Crippen LogP contribution is 2.25. The van der Waals surface area contributed by atoms with Crippen LogP contribution in [0.5, 0.6) is 0 Å². The molecule has 0 spiro atoms. The van der Waals surface area contributed by atoms with E-state index in [1.165, 1.54) is 6.42 Å². The molecule has 0 bridgehead atoms. The summed E-state index contributed by atoms with van der Waals surface area (Å²) in [5.74, 6) is 2.00. The summed E-state index contributed by atoms with van der Waals surface area (Å²) in [4.78, 5) is 4.57. The van der Waals surface area contributed by atoms with Gasteiger partial charge in [-0.2, -0.15) is 5.10 Å². The number of fused-ring (bicyclic) bond motifs is 1. The number of aromatic nitrogens is 3. The van der Waals surface area contributed by atoms with Gasteiger partial charge in [0.25, 0.3) is 0 Å². The molecule has 3 rings (SSSR count). The van der Waals surface area contributed by atoms with Crippen molar-refractivity contribution in [3.8, 4) is 0 Å². The molecule has 2 aliphatic rings. The van der Waals surface area contributed by atoms with E-state index in [0.717, 1.165) is 49.4 Å². The summed E-state index contributed by atoms with van der Waals surface area (Å²) in [6, 6.07) is 0. The first-order valence-corrected chi connectivity index (χ1v) is 6.82. The summed E-state index contributed by atoms with van der Waals surface area (Å²) in [5.41, 5.74) is 0. The maximum absolute atomic E-state index is 5.76. The van der Waals surface area contributed by atoms with Crippen molar-refractivity contribution in [1.82, 2.24) is 20.1 Å². The topological polar surface area (TPSA) is 52.0 Å². The third-order valence-electron chi connectivity index (χ3n) is 2.83. The molecule has 0 amide bonds. The van der Waals surface area contributed by atoms with Crippen molar-refractivity contribution in [3.63, 3.8) is 0 Å². The van der Waals surface area contributed by atoms with E-state index in [1.807, 2.05) is 4.68 Å². The molecule has 16 heavy (non-hydrogen) atoms. The van der Waals surface area contributed by atoms with E-state index >= 15 is 0 Å². The van der Waals surface area contributed by atoms with Crippen LogP contribution in [0, 0.1) is 0 Å². The van der Waals surface area contributed by atoms with E-state index in [0.29, 0.717) is 0 Å². The summed E-state index contributed by atoms with van der Waals surface area (Å²) >= 11 is 1.79. The zero-order valence-corrected chi connectivity index (χ0v) is 10.0. The van der Waals surface area contributed by atoms with Gasteiger partial charge in [0.1, 0.15) is 6.10 Å². The zero-order chi connectivity index (χ0) is 10.8. The zero-order valence-electron chi connectivity index (χ0n) is 9.19. The van der Waals surface area contributed by atoms with E-state index in [2.05, 4.69) is 15.4 Å². The number of nitrogens with zero attached hydrogens (tertiary/aromatic N) is 3. The lowest BCUT2D eigenvalue weighted by Crippen LogP contribution is -2.21. The first-order chi connectivity index (χ1) is 7.93. The molecular formula is C10H16N4OS. The molecule has 2 aliphatic heterocycles. The van der Waals surface area contributed by atoms with Crippen molar-refractivity contribution in [3.05, 3.63) is 5.82 Å². The molecule has 3 heterocycles. The molecule has 0 aliphatic carbocycles. The molecule has 1 unspecified atom stereocenters. The van der Waals surface area contributed by atoms with Gasteiger partial charge in [-0.15, -0.1) is 0 Å². The highest BCUT2D eigenvalue weighted by Gasteiger charge is 2.22. The summed E-state index contributed by atoms with van der Waals surface area (Å²) in [7, 11) is 0. The first kappa shape index (κ1) is 10.6. The normalized spacial score (nSPS) is 26.1. The smallest absolute Gasteiger partial charge is 0.186 e. The molecule has 1 atom stereocenters. The quantitative estimate of drug-likeness (QED) is 0.788. The van der Waals surface area contributed by atoms with Gasteiger partial charge in [0.05, 0.1) is 0 Å². The van der Waals surface area contributed by atoms with Gasteiger partial charge in [-0.1, -0.05) is 11.8 Å². The lowest BCUT2D eigenvalue weighted by molar-refractivity contribution is 0.0605. The average Bonchev–Trinajstić information content (AvgIpc) is 2.56. The van der Waals surface area contributed by atoms with Crippen LogP contribution in [0.2, 0.25) is 0 Å². The van der Waals surface area contributed by atoms with Gasteiger partial charge in [-0.3, -0.25) is 0 Å². The van der Waals surface area contributed by atoms with Gasteiger partial charge in [-0.05, 0) is 19.4 Å². The van der Waals surface area contributed by atoms with Gasteiger partial charge < -0.3 is 10.1 Å². The molecule has 1 saturated heterocycles. The van der Waals surface area contributed by atoms with Crippen molar-refractivity contribution >= 4 is 11.8 Å². The van der Waals surface area contributed by atoms with Crippen molar-refractivity contribution in [1.29, 1.82) is 0 Å². The van der Waals surface area contributed by atoms with Crippen molar-refractivity contribution < 1.29 is 4.74 Å². The number of hydrogen-bond acceptors (Lipinski definition) is 5. The Morgan fingerprint density at radius 3 is 3.38 bits per heavy atom. The van der Waals surface area contributed by atoms with Crippen LogP contribution in [0.4, 0.5) is 0 Å². The van der Waals surface area contributed by atoms with E-state index in [9.17, 15) is 0 Å². The molecule has 0 saturated carbocycles. The van der Waals surface area contributed by atoms with Crippen LogP contribution >= 0.6 is 11.8 Å². The Bertz CT molecular complexity index is 336. The van der Waals surface area contributed by atoms with Gasteiger partial charge in [-0.25, -0.2) is 9.67 Å². The second kappa shape index (κ2) is 4.73. The number of thioether (sulfide) groups is 1. The fraction of sp³-hybridized carbons (Fsp3) is 0.800. The average molecular weight is 240 g/mol. The summed E-state index contributed by atoms with van der Waals surface area (Å²) in [5, 5.41) is 8.94. The van der Waals surface area contributed by atoms with Gasteiger partial charge >= 0.3 is 0 Å². The summed E-state index contributed by atoms with van der Waals surface area (Å²) in [6.45, 7) is 3.65. The predicted octanol–water partition coefficient (Wildman–Crippen LogP) is 0.825. The van der Waals surface area contributed by atoms with Crippen LogP contribution in [0.3, 0.4) is 0 Å². The first-order valence-electron chi connectivity index (χ1n) is 5.83. The molecule has 0 radical (unpaired) electrons. The maximum Gasteiger partial charge on any atom is 0.186 e. The van der Waals surface area contributed by atoms with Crippen LogP contribution in [0.25, 0.3) is 0 Å². The molecule has 1 fully saturated rings. The van der Waals surface area contributed by atoms with Crippen LogP contribution in [0.1, 0.15) is 24.8 Å². The second-order valence-corrected chi connectivity index (χ2v) is 5.16. The fourth-order valence-electron chi connectivity index (χ4n) is 1.99. The van der Waals surface area contributed by atoms with E-state index < -0.39 is 0 Å². The van der Waals surface area contributed by atoms with E-state index in [1.54, 1.807) is 11.8 Å². The number of aryl methyl sites for hydroxylation is 1. The van der Waals surface area contributed by atoms with Crippen LogP contribution in [-0.4, -0.2) is 40.2 Å². The third-order valence-corrected chi connectivity index (χ3v) is 3.89. The predicted molar refractivity (Wildman–Crippen MR) is 61.5 cm³/mol. The highest BCUT2D eigenvalue weighted by atomic mass is 32.2. The number of hydrogen-bond donors (Lipinski definition) is 1. The van der Waals surface area contributed by atoms with E-state index in [-0.39, 0.29) is 6.10 Å². The Hall–Kier alpha value is -0.590. The minimum absolute atomic E-state index is 0.0289. The number of nitrogens with one attached hydrogen (secondary N) is 1. The lowest BCUT2D eigenvalue weighted by atomic mass is 10.3. The molecule has 1 N–H and O–H groups in total. The molecule has 5 nitrogen and oxygen atoms in total. The lowest BCUT2D eigenvalue weighted by Gasteiger charge is -2.10. The highest BCUT2D eigenvalue weighted by molar-refractivity contribution is 7.99. The minimum atomic E-state index is 0.0289. The molecule has 0 aromatic carbocycles. The minimum Gasteiger partial charge on any atom is -0.369 e. The monoisotopic (exact) mass is 240 g/mol. The van der Waals surface area contributed by atoms with Crippen molar-refractivity contribution in [2.75, 3.05) is 25.4 Å². The Labute approximate surface area is 99.0 Å². The van der Waals surface area contributed by atoms with Crippen molar-refractivity contribution in [2.45, 2.75) is 30.6 Å². The fourth-order valence-corrected chi connectivity index (χ4v) is 2.89. The Kier molecular flexibility index (Phi) is 3.12. The van der Waals surface area contributed by atoms with Gasteiger partial charge in [0.2, 0.25) is 0 Å². The molecule has 88 valence electrons. The van der Waals surface area contributed by atoms with Crippen LogP contribution in [0.15, 0.2) is 5.16 Å². The summed E-state index contributed by atoms with van der Waals surface area (Å²) < 4.78 is 7.77. The maximum atomic E-state index is 5.76. The standard InChI is InChI=1S/C10H16N4OS/c1-3-11-7-8(15-5-1)9-12-10-14(13-9)4-2-6-16-10/h8,11H,1-7H2. The Balaban J connectivity index is 1.79. The SMILES string of the molecule is C1CNCC(c2nc3n(n2)CCCS3)OC1. The summed E-state index contributed by atoms with van der Waals surface area (Å²) in [6.07, 6.45) is 2.28. The number of ether oxygens (including phenoxy) is 1. The Morgan fingerprint density at radius 1 is 1.44 bits per heavy atom. The largest absolute Gasteiger partial charge is 0.369 e. The van der Waals surface area contributed by atoms with Crippen molar-refractivity contribution in [2.24, 2.45) is 0 Å². The molecule has 1 aromatic rings. The van der Waals surface area contributed by atoms with Gasteiger partial charge in [0.15, 0.2) is 11.0 Å². The number of rotatable bonds is 1.